The van der Waals surface area contributed by atoms with Crippen LogP contribution < -0.4 is 10.2 Å². The second-order valence-electron chi connectivity index (χ2n) is 8.93. The van der Waals surface area contributed by atoms with Crippen molar-refractivity contribution in [1.82, 2.24) is 15.2 Å². The number of hydrogen-bond donors (Lipinski definition) is 1. The second-order valence-corrected chi connectivity index (χ2v) is 8.93. The zero-order valence-electron chi connectivity index (χ0n) is 19.3. The number of benzene rings is 1. The van der Waals surface area contributed by atoms with Gasteiger partial charge in [-0.15, -0.1) is 0 Å². The van der Waals surface area contributed by atoms with Gasteiger partial charge < -0.3 is 19.7 Å². The van der Waals surface area contributed by atoms with E-state index in [2.05, 4.69) is 59.1 Å². The number of rotatable bonds is 6. The van der Waals surface area contributed by atoms with E-state index in [1.165, 1.54) is 5.56 Å². The number of carbonyl (C=O) groups is 1. The van der Waals surface area contributed by atoms with Gasteiger partial charge >= 0.3 is 0 Å². The van der Waals surface area contributed by atoms with Gasteiger partial charge in [-0.05, 0) is 44.0 Å². The number of carbonyl (C=O) groups excluding carboxylic acids is 1. The average molecular weight is 439 g/mol. The molecule has 0 spiro atoms. The summed E-state index contributed by atoms with van der Waals surface area (Å²) in [4.78, 5) is 22.0. The molecule has 2 aliphatic heterocycles. The number of nitrogens with one attached hydrogen (secondary N) is 1. The SMILES string of the molecule is C[C@@H]1CN(c2cc(C(=O)NCc3ccccc3CN3C[C@@H](C)O[C@H](C)C3)ccn2)CCO1. The first-order valence-electron chi connectivity index (χ1n) is 11.5. The molecule has 3 heterocycles. The maximum absolute atomic E-state index is 12.9. The van der Waals surface area contributed by atoms with Crippen molar-refractivity contribution in [3.63, 3.8) is 0 Å². The van der Waals surface area contributed by atoms with E-state index in [1.807, 2.05) is 12.1 Å². The number of nitrogens with zero attached hydrogens (tertiary/aromatic N) is 3. The molecule has 1 N–H and O–H groups in total. The lowest BCUT2D eigenvalue weighted by Crippen LogP contribution is -2.45. The Balaban J connectivity index is 1.39. The molecule has 1 amide bonds. The Morgan fingerprint density at radius 2 is 1.81 bits per heavy atom. The summed E-state index contributed by atoms with van der Waals surface area (Å²) in [7, 11) is 0. The summed E-state index contributed by atoms with van der Waals surface area (Å²) in [6.07, 6.45) is 2.35. The Kier molecular flexibility index (Phi) is 7.40. The number of hydrogen-bond acceptors (Lipinski definition) is 6. The largest absolute Gasteiger partial charge is 0.375 e. The molecular formula is C25H34N4O3. The molecule has 1 aromatic heterocycles. The lowest BCUT2D eigenvalue weighted by Gasteiger charge is -2.35. The van der Waals surface area contributed by atoms with Crippen LogP contribution in [0.3, 0.4) is 0 Å². The predicted octanol–water partition coefficient (Wildman–Crippen LogP) is 2.85. The Labute approximate surface area is 190 Å². The summed E-state index contributed by atoms with van der Waals surface area (Å²) in [6, 6.07) is 12.0. The highest BCUT2D eigenvalue weighted by atomic mass is 16.5. The van der Waals surface area contributed by atoms with E-state index >= 15 is 0 Å². The monoisotopic (exact) mass is 438 g/mol. The Bertz CT molecular complexity index is 912. The van der Waals surface area contributed by atoms with Crippen LogP contribution in [-0.4, -0.2) is 66.9 Å². The highest BCUT2D eigenvalue weighted by molar-refractivity contribution is 5.94. The van der Waals surface area contributed by atoms with E-state index in [0.29, 0.717) is 18.7 Å². The molecule has 2 aromatic rings. The van der Waals surface area contributed by atoms with E-state index in [1.54, 1.807) is 12.3 Å². The molecule has 7 heteroatoms. The molecule has 7 nitrogen and oxygen atoms in total. The summed E-state index contributed by atoms with van der Waals surface area (Å²) < 4.78 is 11.5. The number of aromatic nitrogens is 1. The second kappa shape index (κ2) is 10.4. The number of pyridine rings is 1. The fourth-order valence-corrected chi connectivity index (χ4v) is 4.58. The van der Waals surface area contributed by atoms with Crippen molar-refractivity contribution in [1.29, 1.82) is 0 Å². The van der Waals surface area contributed by atoms with Gasteiger partial charge in [-0.2, -0.15) is 0 Å². The van der Waals surface area contributed by atoms with Gasteiger partial charge in [0.1, 0.15) is 5.82 Å². The first kappa shape index (κ1) is 22.7. The molecule has 2 aliphatic rings. The minimum Gasteiger partial charge on any atom is -0.375 e. The van der Waals surface area contributed by atoms with Gasteiger partial charge in [0.2, 0.25) is 0 Å². The third-order valence-corrected chi connectivity index (χ3v) is 6.02. The third-order valence-electron chi connectivity index (χ3n) is 6.02. The minimum atomic E-state index is -0.0848. The average Bonchev–Trinajstić information content (AvgIpc) is 2.78. The van der Waals surface area contributed by atoms with E-state index in [9.17, 15) is 4.79 Å². The highest BCUT2D eigenvalue weighted by Gasteiger charge is 2.23. The summed E-state index contributed by atoms with van der Waals surface area (Å²) in [5.41, 5.74) is 3.01. The molecule has 4 rings (SSSR count). The van der Waals surface area contributed by atoms with Crippen molar-refractivity contribution in [3.05, 3.63) is 59.3 Å². The van der Waals surface area contributed by atoms with Crippen LogP contribution >= 0.6 is 0 Å². The molecule has 172 valence electrons. The summed E-state index contributed by atoms with van der Waals surface area (Å²) in [5.74, 6) is 0.738. The molecule has 0 unspecified atom stereocenters. The molecule has 0 radical (unpaired) electrons. The van der Waals surface area contributed by atoms with Crippen LogP contribution in [0.2, 0.25) is 0 Å². The zero-order valence-corrected chi connectivity index (χ0v) is 19.3. The van der Waals surface area contributed by atoms with Gasteiger partial charge in [0.25, 0.3) is 5.91 Å². The molecule has 0 bridgehead atoms. The maximum Gasteiger partial charge on any atom is 0.251 e. The normalized spacial score (nSPS) is 24.3. The van der Waals surface area contributed by atoms with Crippen LogP contribution in [0.4, 0.5) is 5.82 Å². The zero-order chi connectivity index (χ0) is 22.5. The van der Waals surface area contributed by atoms with Gasteiger partial charge in [0.15, 0.2) is 0 Å². The number of ether oxygens (including phenoxy) is 2. The number of morpholine rings is 2. The molecule has 3 atom stereocenters. The predicted molar refractivity (Wildman–Crippen MR) is 125 cm³/mol. The van der Waals surface area contributed by atoms with Gasteiger partial charge in [-0.1, -0.05) is 24.3 Å². The molecule has 2 saturated heterocycles. The lowest BCUT2D eigenvalue weighted by atomic mass is 10.1. The van der Waals surface area contributed by atoms with Crippen LogP contribution in [0.25, 0.3) is 0 Å². The molecular weight excluding hydrogens is 404 g/mol. The van der Waals surface area contributed by atoms with Gasteiger partial charge in [-0.25, -0.2) is 4.98 Å². The van der Waals surface area contributed by atoms with Crippen LogP contribution in [0.5, 0.6) is 0 Å². The van der Waals surface area contributed by atoms with Gasteiger partial charge in [0, 0.05) is 51.0 Å². The van der Waals surface area contributed by atoms with E-state index in [-0.39, 0.29) is 24.2 Å². The smallest absolute Gasteiger partial charge is 0.251 e. The van der Waals surface area contributed by atoms with Crippen molar-refractivity contribution >= 4 is 11.7 Å². The van der Waals surface area contributed by atoms with Crippen molar-refractivity contribution in [3.8, 4) is 0 Å². The highest BCUT2D eigenvalue weighted by Crippen LogP contribution is 2.19. The Morgan fingerprint density at radius 1 is 1.06 bits per heavy atom. The molecule has 2 fully saturated rings. The van der Waals surface area contributed by atoms with E-state index in [0.717, 1.165) is 44.1 Å². The minimum absolute atomic E-state index is 0.0848. The Hall–Kier alpha value is -2.48. The molecule has 0 aliphatic carbocycles. The molecule has 1 aromatic carbocycles. The van der Waals surface area contributed by atoms with Crippen molar-refractivity contribution in [2.75, 3.05) is 37.7 Å². The molecule has 0 saturated carbocycles. The fourth-order valence-electron chi connectivity index (χ4n) is 4.58. The van der Waals surface area contributed by atoms with Crippen LogP contribution in [0, 0.1) is 0 Å². The third kappa shape index (κ3) is 5.85. The van der Waals surface area contributed by atoms with Gasteiger partial charge in [-0.3, -0.25) is 9.69 Å². The van der Waals surface area contributed by atoms with Crippen molar-refractivity contribution in [2.45, 2.75) is 52.2 Å². The number of anilines is 1. The Morgan fingerprint density at radius 3 is 2.56 bits per heavy atom. The van der Waals surface area contributed by atoms with Crippen molar-refractivity contribution in [2.24, 2.45) is 0 Å². The van der Waals surface area contributed by atoms with Crippen LogP contribution in [0.1, 0.15) is 42.3 Å². The first-order valence-corrected chi connectivity index (χ1v) is 11.5. The summed E-state index contributed by atoms with van der Waals surface area (Å²) in [6.45, 7) is 11.7. The summed E-state index contributed by atoms with van der Waals surface area (Å²) in [5, 5.41) is 3.10. The van der Waals surface area contributed by atoms with Gasteiger partial charge in [0.05, 0.1) is 24.9 Å². The maximum atomic E-state index is 12.9. The van der Waals surface area contributed by atoms with Crippen LogP contribution in [-0.2, 0) is 22.6 Å². The van der Waals surface area contributed by atoms with Crippen molar-refractivity contribution < 1.29 is 14.3 Å². The molecule has 32 heavy (non-hydrogen) atoms. The first-order chi connectivity index (χ1) is 15.5. The van der Waals surface area contributed by atoms with Crippen LogP contribution in [0.15, 0.2) is 42.6 Å². The number of amides is 1. The van der Waals surface area contributed by atoms with E-state index in [4.69, 9.17) is 9.47 Å². The quantitative estimate of drug-likeness (QED) is 0.748. The fraction of sp³-hybridized carbons (Fsp3) is 0.520. The topological polar surface area (TPSA) is 66.9 Å². The van der Waals surface area contributed by atoms with E-state index < -0.39 is 0 Å². The lowest BCUT2D eigenvalue weighted by molar-refractivity contribution is -0.0705. The standard InChI is InChI=1S/C25H34N4O3/c1-18-16-29(10-11-31-18)24-12-21(8-9-26-24)25(30)27-13-22-6-4-5-7-23(22)17-28-14-19(2)32-20(3)15-28/h4-9,12,18-20H,10-11,13-17H2,1-3H3,(H,27,30)/t18-,19-,20-/m1/s1. The summed E-state index contributed by atoms with van der Waals surface area (Å²) >= 11 is 0.